The average Bonchev–Trinajstić information content (AvgIpc) is 2.90. The van der Waals surface area contributed by atoms with Crippen molar-refractivity contribution in [1.82, 2.24) is 0 Å². The fraction of sp³-hybridized carbons (Fsp3) is 0.176. The first-order chi connectivity index (χ1) is 11.1. The summed E-state index contributed by atoms with van der Waals surface area (Å²) in [4.78, 5) is 14.2. The fourth-order valence-corrected chi connectivity index (χ4v) is 2.82. The number of carbonyl (C=O) groups excluding carboxylic acids is 1. The third-order valence-corrected chi connectivity index (χ3v) is 3.99. The smallest absolute Gasteiger partial charge is 0.249 e. The van der Waals surface area contributed by atoms with E-state index >= 15 is 0 Å². The van der Waals surface area contributed by atoms with Crippen molar-refractivity contribution in [1.29, 1.82) is 5.26 Å². The molecule has 23 heavy (non-hydrogen) atoms. The van der Waals surface area contributed by atoms with Gasteiger partial charge in [-0.15, -0.1) is 0 Å². The largest absolute Gasteiger partial charge is 0.373 e. The Morgan fingerprint density at radius 3 is 2.87 bits per heavy atom. The van der Waals surface area contributed by atoms with Gasteiger partial charge in [0.2, 0.25) is 5.91 Å². The number of hydrogen-bond acceptors (Lipinski definition) is 3. The van der Waals surface area contributed by atoms with Gasteiger partial charge in [-0.25, -0.2) is 4.39 Å². The Balaban J connectivity index is 1.79. The van der Waals surface area contributed by atoms with E-state index in [2.05, 4.69) is 5.32 Å². The Morgan fingerprint density at radius 2 is 2.13 bits per heavy atom. The highest BCUT2D eigenvalue weighted by Crippen LogP contribution is 2.27. The predicted octanol–water partition coefficient (Wildman–Crippen LogP) is 3.57. The van der Waals surface area contributed by atoms with Gasteiger partial charge in [0.1, 0.15) is 17.9 Å². The number of nitrogens with one attached hydrogen (secondary N) is 1. The molecular weight excluding hydrogens is 317 g/mol. The Labute approximate surface area is 138 Å². The molecule has 0 radical (unpaired) electrons. The minimum atomic E-state index is -0.481. The number of hydrogen-bond donors (Lipinski definition) is 1. The molecule has 1 amide bonds. The normalized spacial score (nSPS) is 17.2. The van der Waals surface area contributed by atoms with Crippen LogP contribution in [0.4, 0.5) is 15.8 Å². The molecule has 1 heterocycles. The minimum absolute atomic E-state index is 0.0968. The van der Waals surface area contributed by atoms with E-state index in [0.717, 1.165) is 11.8 Å². The van der Waals surface area contributed by atoms with Crippen LogP contribution in [0.25, 0.3) is 0 Å². The molecule has 0 bridgehead atoms. The molecule has 3 rings (SSSR count). The Hall–Kier alpha value is -2.58. The molecule has 6 heteroatoms. The van der Waals surface area contributed by atoms with E-state index in [9.17, 15) is 9.18 Å². The quantitative estimate of drug-likeness (QED) is 0.936. The predicted molar refractivity (Wildman–Crippen MR) is 86.9 cm³/mol. The van der Waals surface area contributed by atoms with E-state index in [1.165, 1.54) is 12.1 Å². The summed E-state index contributed by atoms with van der Waals surface area (Å²) in [6.07, 6.45) is 0.591. The van der Waals surface area contributed by atoms with Crippen molar-refractivity contribution < 1.29 is 9.18 Å². The van der Waals surface area contributed by atoms with Gasteiger partial charge in [0, 0.05) is 17.3 Å². The van der Waals surface area contributed by atoms with Crippen molar-refractivity contribution in [2.24, 2.45) is 0 Å². The SMILES string of the molecule is N#Cc1cc(F)ccc1NC1CCN(c2cccc(Cl)c2)C1=O. The van der Waals surface area contributed by atoms with Crippen LogP contribution < -0.4 is 10.2 Å². The van der Waals surface area contributed by atoms with Gasteiger partial charge in [-0.2, -0.15) is 5.26 Å². The first kappa shape index (κ1) is 15.3. The van der Waals surface area contributed by atoms with E-state index in [1.807, 2.05) is 12.1 Å². The van der Waals surface area contributed by atoms with Crippen LogP contribution in [0, 0.1) is 17.1 Å². The number of rotatable bonds is 3. The molecule has 0 aromatic heterocycles. The van der Waals surface area contributed by atoms with E-state index in [-0.39, 0.29) is 11.5 Å². The summed E-state index contributed by atoms with van der Waals surface area (Å²) in [6.45, 7) is 0.555. The number of nitriles is 1. The second kappa shape index (κ2) is 6.27. The molecule has 2 aromatic carbocycles. The van der Waals surface area contributed by atoms with E-state index in [1.54, 1.807) is 23.1 Å². The van der Waals surface area contributed by atoms with Crippen LogP contribution in [0.5, 0.6) is 0 Å². The van der Waals surface area contributed by atoms with Crippen LogP contribution in [0.2, 0.25) is 5.02 Å². The van der Waals surface area contributed by atoms with Crippen molar-refractivity contribution in [2.45, 2.75) is 12.5 Å². The van der Waals surface area contributed by atoms with Crippen LogP contribution >= 0.6 is 11.6 Å². The monoisotopic (exact) mass is 329 g/mol. The summed E-state index contributed by atoms with van der Waals surface area (Å²) < 4.78 is 13.2. The molecule has 1 aliphatic rings. The lowest BCUT2D eigenvalue weighted by atomic mass is 10.1. The van der Waals surface area contributed by atoms with Crippen LogP contribution in [0.15, 0.2) is 42.5 Å². The molecule has 1 fully saturated rings. The molecule has 2 aromatic rings. The van der Waals surface area contributed by atoms with Gasteiger partial charge < -0.3 is 10.2 Å². The van der Waals surface area contributed by atoms with Crippen molar-refractivity contribution in [3.8, 4) is 6.07 Å². The zero-order valence-electron chi connectivity index (χ0n) is 12.1. The fourth-order valence-electron chi connectivity index (χ4n) is 2.64. The molecular formula is C17H13ClFN3O. The molecule has 4 nitrogen and oxygen atoms in total. The van der Waals surface area contributed by atoms with Crippen molar-refractivity contribution in [3.63, 3.8) is 0 Å². The van der Waals surface area contributed by atoms with Gasteiger partial charge in [-0.3, -0.25) is 4.79 Å². The average molecular weight is 330 g/mol. The molecule has 1 atom stereocenters. The van der Waals surface area contributed by atoms with Crippen molar-refractivity contribution >= 4 is 28.9 Å². The zero-order chi connectivity index (χ0) is 16.4. The number of nitrogens with zero attached hydrogens (tertiary/aromatic N) is 2. The molecule has 1 saturated heterocycles. The Kier molecular flexibility index (Phi) is 4.18. The summed E-state index contributed by atoms with van der Waals surface area (Å²) in [6, 6.07) is 12.5. The van der Waals surface area contributed by atoms with Gasteiger partial charge in [0.05, 0.1) is 11.3 Å². The maximum Gasteiger partial charge on any atom is 0.249 e. The van der Waals surface area contributed by atoms with Gasteiger partial charge >= 0.3 is 0 Å². The molecule has 116 valence electrons. The lowest BCUT2D eigenvalue weighted by Gasteiger charge is -2.18. The van der Waals surface area contributed by atoms with Crippen LogP contribution in [0.1, 0.15) is 12.0 Å². The second-order valence-electron chi connectivity index (χ2n) is 5.26. The lowest BCUT2D eigenvalue weighted by molar-refractivity contribution is -0.117. The Bertz CT molecular complexity index is 803. The molecule has 0 aliphatic carbocycles. The van der Waals surface area contributed by atoms with Gasteiger partial charge in [0.25, 0.3) is 0 Å². The minimum Gasteiger partial charge on any atom is -0.373 e. The number of benzene rings is 2. The zero-order valence-corrected chi connectivity index (χ0v) is 12.8. The van der Waals surface area contributed by atoms with E-state index in [0.29, 0.717) is 23.7 Å². The lowest BCUT2D eigenvalue weighted by Crippen LogP contribution is -2.33. The van der Waals surface area contributed by atoms with Gasteiger partial charge in [0.15, 0.2) is 0 Å². The number of halogens is 2. The topological polar surface area (TPSA) is 56.1 Å². The third-order valence-electron chi connectivity index (χ3n) is 3.76. The maximum atomic E-state index is 13.2. The van der Waals surface area contributed by atoms with Crippen LogP contribution in [0.3, 0.4) is 0 Å². The van der Waals surface area contributed by atoms with Crippen LogP contribution in [-0.2, 0) is 4.79 Å². The summed E-state index contributed by atoms with van der Waals surface area (Å²) in [5.74, 6) is -0.578. The first-order valence-electron chi connectivity index (χ1n) is 7.11. The van der Waals surface area contributed by atoms with E-state index < -0.39 is 11.9 Å². The summed E-state index contributed by atoms with van der Waals surface area (Å²) >= 11 is 5.97. The Morgan fingerprint density at radius 1 is 1.30 bits per heavy atom. The summed E-state index contributed by atoms with van der Waals surface area (Å²) in [7, 11) is 0. The summed E-state index contributed by atoms with van der Waals surface area (Å²) in [5, 5.41) is 12.7. The van der Waals surface area contributed by atoms with E-state index in [4.69, 9.17) is 16.9 Å². The number of carbonyl (C=O) groups is 1. The molecule has 0 spiro atoms. The number of anilines is 2. The molecule has 1 N–H and O–H groups in total. The van der Waals surface area contributed by atoms with Crippen molar-refractivity contribution in [3.05, 3.63) is 58.9 Å². The first-order valence-corrected chi connectivity index (χ1v) is 7.49. The molecule has 1 unspecified atom stereocenters. The van der Waals surface area contributed by atoms with Crippen LogP contribution in [-0.4, -0.2) is 18.5 Å². The molecule has 1 aliphatic heterocycles. The second-order valence-corrected chi connectivity index (χ2v) is 5.69. The van der Waals surface area contributed by atoms with Gasteiger partial charge in [-0.05, 0) is 42.8 Å². The maximum absolute atomic E-state index is 13.2. The highest BCUT2D eigenvalue weighted by Gasteiger charge is 2.32. The number of amides is 1. The standard InChI is InChI=1S/C17H13ClFN3O/c18-12-2-1-3-14(9-12)22-7-6-16(17(22)23)21-15-5-4-13(19)8-11(15)10-20/h1-5,8-9,16,21H,6-7H2. The summed E-state index contributed by atoms with van der Waals surface area (Å²) in [5.41, 5.74) is 1.38. The highest BCUT2D eigenvalue weighted by molar-refractivity contribution is 6.31. The highest BCUT2D eigenvalue weighted by atomic mass is 35.5. The third kappa shape index (κ3) is 3.13. The van der Waals surface area contributed by atoms with Crippen molar-refractivity contribution in [2.75, 3.05) is 16.8 Å². The van der Waals surface area contributed by atoms with Gasteiger partial charge in [-0.1, -0.05) is 17.7 Å². The molecule has 0 saturated carbocycles.